The van der Waals surface area contributed by atoms with Gasteiger partial charge in [-0.2, -0.15) is 4.31 Å². The summed E-state index contributed by atoms with van der Waals surface area (Å²) in [7, 11) is -3.46. The normalized spacial score (nSPS) is 23.9. The van der Waals surface area contributed by atoms with Crippen LogP contribution < -0.4 is 5.32 Å². The molecule has 2 aromatic rings. The van der Waals surface area contributed by atoms with Gasteiger partial charge < -0.3 is 5.32 Å². The number of nitrogens with one attached hydrogen (secondary N) is 1. The lowest BCUT2D eigenvalue weighted by atomic mass is 10.1. The van der Waals surface area contributed by atoms with Gasteiger partial charge in [0, 0.05) is 41.8 Å². The Morgan fingerprint density at radius 2 is 2.04 bits per heavy atom. The van der Waals surface area contributed by atoms with Gasteiger partial charge >= 0.3 is 0 Å². The van der Waals surface area contributed by atoms with Crippen LogP contribution in [0.25, 0.3) is 10.6 Å². The standard InChI is InChI=1S/C17H21N3O2S2.ClH/c1-12-11-23-17(18-12)13-3-2-4-16(9-13)24(21,22)20-8-7-14-5-6-15(10-20)19-14;/h2-4,9,11,14-15,19H,5-8,10H2,1H3;1H. The van der Waals surface area contributed by atoms with E-state index in [4.69, 9.17) is 0 Å². The molecule has 2 atom stereocenters. The topological polar surface area (TPSA) is 62.3 Å². The maximum absolute atomic E-state index is 13.1. The van der Waals surface area contributed by atoms with Crippen LogP contribution in [0, 0.1) is 6.92 Å². The third-order valence-electron chi connectivity index (χ3n) is 4.82. The molecular weight excluding hydrogens is 378 g/mol. The number of fused-ring (bicyclic) bond motifs is 2. The van der Waals surface area contributed by atoms with Gasteiger partial charge in [-0.25, -0.2) is 13.4 Å². The molecule has 5 nitrogen and oxygen atoms in total. The van der Waals surface area contributed by atoms with E-state index in [9.17, 15) is 8.42 Å². The summed E-state index contributed by atoms with van der Waals surface area (Å²) in [5.41, 5.74) is 1.82. The molecule has 0 aliphatic carbocycles. The second-order valence-corrected chi connectivity index (χ2v) is 9.41. The number of halogens is 1. The van der Waals surface area contributed by atoms with Crippen LogP contribution in [0.1, 0.15) is 25.0 Å². The summed E-state index contributed by atoms with van der Waals surface area (Å²) < 4.78 is 27.8. The molecule has 2 aliphatic heterocycles. The minimum atomic E-state index is -3.46. The van der Waals surface area contributed by atoms with Crippen LogP contribution in [-0.2, 0) is 10.0 Å². The molecule has 136 valence electrons. The van der Waals surface area contributed by atoms with Gasteiger partial charge in [0.05, 0.1) is 4.90 Å². The zero-order valence-electron chi connectivity index (χ0n) is 14.0. The summed E-state index contributed by atoms with van der Waals surface area (Å²) in [6, 6.07) is 7.93. The van der Waals surface area contributed by atoms with Crippen molar-refractivity contribution < 1.29 is 8.42 Å². The van der Waals surface area contributed by atoms with Crippen molar-refractivity contribution in [2.75, 3.05) is 13.1 Å². The minimum Gasteiger partial charge on any atom is -0.310 e. The minimum absolute atomic E-state index is 0. The third-order valence-corrected chi connectivity index (χ3v) is 7.69. The van der Waals surface area contributed by atoms with Crippen LogP contribution in [-0.4, -0.2) is 42.9 Å². The first-order chi connectivity index (χ1) is 11.5. The molecule has 8 heteroatoms. The predicted molar refractivity (Wildman–Crippen MR) is 103 cm³/mol. The molecule has 1 aromatic carbocycles. The molecule has 2 fully saturated rings. The highest BCUT2D eigenvalue weighted by Gasteiger charge is 2.35. The molecule has 3 heterocycles. The van der Waals surface area contributed by atoms with Crippen molar-refractivity contribution in [2.24, 2.45) is 0 Å². The first kappa shape index (κ1) is 18.8. The van der Waals surface area contributed by atoms with Crippen LogP contribution in [0.4, 0.5) is 0 Å². The molecule has 0 radical (unpaired) electrons. The summed E-state index contributed by atoms with van der Waals surface area (Å²) in [6.45, 7) is 3.11. The average molecular weight is 400 g/mol. The van der Waals surface area contributed by atoms with Gasteiger partial charge in [0.25, 0.3) is 0 Å². The quantitative estimate of drug-likeness (QED) is 0.861. The van der Waals surface area contributed by atoms with E-state index < -0.39 is 10.0 Å². The van der Waals surface area contributed by atoms with Gasteiger partial charge in [-0.1, -0.05) is 12.1 Å². The highest BCUT2D eigenvalue weighted by atomic mass is 35.5. The van der Waals surface area contributed by atoms with Crippen LogP contribution >= 0.6 is 23.7 Å². The number of hydrogen-bond donors (Lipinski definition) is 1. The molecule has 2 bridgehead atoms. The van der Waals surface area contributed by atoms with E-state index >= 15 is 0 Å². The van der Waals surface area contributed by atoms with Crippen molar-refractivity contribution >= 4 is 33.8 Å². The van der Waals surface area contributed by atoms with Crippen LogP contribution in [0.3, 0.4) is 0 Å². The molecule has 0 spiro atoms. The van der Waals surface area contributed by atoms with Crippen molar-refractivity contribution in [2.45, 2.75) is 43.2 Å². The summed E-state index contributed by atoms with van der Waals surface area (Å²) in [6.07, 6.45) is 3.12. The van der Waals surface area contributed by atoms with Gasteiger partial charge in [-0.05, 0) is 38.3 Å². The maximum atomic E-state index is 13.1. The molecule has 0 amide bonds. The van der Waals surface area contributed by atoms with E-state index in [-0.39, 0.29) is 18.4 Å². The van der Waals surface area contributed by atoms with Crippen molar-refractivity contribution in [3.63, 3.8) is 0 Å². The lowest BCUT2D eigenvalue weighted by molar-refractivity contribution is 0.383. The molecule has 25 heavy (non-hydrogen) atoms. The number of hydrogen-bond acceptors (Lipinski definition) is 5. The van der Waals surface area contributed by atoms with Gasteiger partial charge in [0.2, 0.25) is 10.0 Å². The van der Waals surface area contributed by atoms with E-state index in [0.717, 1.165) is 35.5 Å². The number of thiazole rings is 1. The Morgan fingerprint density at radius 1 is 1.24 bits per heavy atom. The van der Waals surface area contributed by atoms with Gasteiger partial charge in [-0.3, -0.25) is 0 Å². The fourth-order valence-electron chi connectivity index (χ4n) is 3.55. The Bertz CT molecular complexity index is 853. The molecule has 1 aromatic heterocycles. The number of nitrogens with zero attached hydrogens (tertiary/aromatic N) is 2. The molecule has 2 aliphatic rings. The van der Waals surface area contributed by atoms with E-state index in [0.29, 0.717) is 24.0 Å². The van der Waals surface area contributed by atoms with Crippen LogP contribution in [0.2, 0.25) is 0 Å². The summed E-state index contributed by atoms with van der Waals surface area (Å²) in [4.78, 5) is 4.83. The third kappa shape index (κ3) is 3.75. The van der Waals surface area contributed by atoms with Crippen molar-refractivity contribution in [1.29, 1.82) is 0 Å². The van der Waals surface area contributed by atoms with E-state index in [1.54, 1.807) is 33.8 Å². The molecular formula is C17H22ClN3O2S2. The SMILES string of the molecule is Cc1csc(-c2cccc(S(=O)(=O)N3CCC4CCC(C3)N4)c2)n1.Cl. The smallest absolute Gasteiger partial charge is 0.243 e. The fourth-order valence-corrected chi connectivity index (χ4v) is 5.90. The Hall–Kier alpha value is -0.990. The maximum Gasteiger partial charge on any atom is 0.243 e. The van der Waals surface area contributed by atoms with Gasteiger partial charge in [0.15, 0.2) is 0 Å². The van der Waals surface area contributed by atoms with Crippen molar-refractivity contribution in [3.8, 4) is 10.6 Å². The van der Waals surface area contributed by atoms with Crippen molar-refractivity contribution in [3.05, 3.63) is 35.3 Å². The first-order valence-corrected chi connectivity index (χ1v) is 10.6. The summed E-state index contributed by atoms with van der Waals surface area (Å²) >= 11 is 1.54. The van der Waals surface area contributed by atoms with E-state index in [1.807, 2.05) is 18.4 Å². The number of rotatable bonds is 3. The first-order valence-electron chi connectivity index (χ1n) is 8.31. The van der Waals surface area contributed by atoms with Crippen LogP contribution in [0.5, 0.6) is 0 Å². The van der Waals surface area contributed by atoms with Crippen LogP contribution in [0.15, 0.2) is 34.5 Å². The summed E-state index contributed by atoms with van der Waals surface area (Å²) in [5, 5.41) is 6.37. The highest BCUT2D eigenvalue weighted by molar-refractivity contribution is 7.89. The lowest BCUT2D eigenvalue weighted by Crippen LogP contribution is -2.39. The monoisotopic (exact) mass is 399 g/mol. The van der Waals surface area contributed by atoms with Gasteiger partial charge in [-0.15, -0.1) is 23.7 Å². The average Bonchev–Trinajstić information content (AvgIpc) is 3.13. The largest absolute Gasteiger partial charge is 0.310 e. The number of aryl methyl sites for hydroxylation is 1. The number of benzene rings is 1. The second kappa shape index (κ2) is 7.32. The predicted octanol–water partition coefficient (Wildman–Crippen LogP) is 3.06. The Labute approximate surface area is 158 Å². The van der Waals surface area contributed by atoms with E-state index in [1.165, 1.54) is 0 Å². The molecule has 1 N–H and O–H groups in total. The number of sulfonamides is 1. The number of aromatic nitrogens is 1. The summed E-state index contributed by atoms with van der Waals surface area (Å²) in [5.74, 6) is 0. The fraction of sp³-hybridized carbons (Fsp3) is 0.471. The molecule has 2 unspecified atom stereocenters. The highest BCUT2D eigenvalue weighted by Crippen LogP contribution is 2.29. The zero-order valence-corrected chi connectivity index (χ0v) is 16.5. The van der Waals surface area contributed by atoms with Crippen molar-refractivity contribution in [1.82, 2.24) is 14.6 Å². The molecule has 2 saturated heterocycles. The molecule has 0 saturated carbocycles. The Balaban J connectivity index is 0.00000182. The molecule has 4 rings (SSSR count). The zero-order chi connectivity index (χ0) is 16.7. The Kier molecular flexibility index (Phi) is 5.51. The lowest BCUT2D eigenvalue weighted by Gasteiger charge is -2.23. The Morgan fingerprint density at radius 3 is 2.80 bits per heavy atom. The van der Waals surface area contributed by atoms with E-state index in [2.05, 4.69) is 10.3 Å². The van der Waals surface area contributed by atoms with Gasteiger partial charge in [0.1, 0.15) is 5.01 Å². The second-order valence-electron chi connectivity index (χ2n) is 6.61.